The van der Waals surface area contributed by atoms with E-state index in [1.165, 1.54) is 4.31 Å². The molecule has 1 aliphatic heterocycles. The van der Waals surface area contributed by atoms with E-state index in [1.807, 2.05) is 0 Å². The molecule has 1 fully saturated rings. The Kier molecular flexibility index (Phi) is 3.58. The first-order valence-electron chi connectivity index (χ1n) is 5.65. The number of phenols is 1. The van der Waals surface area contributed by atoms with Crippen LogP contribution in [0, 0.1) is 10.1 Å². The number of nitrogens with one attached hydrogen (secondary N) is 1. The average molecular weight is 287 g/mol. The Morgan fingerprint density at radius 2 is 1.95 bits per heavy atom. The molecule has 19 heavy (non-hydrogen) atoms. The molecule has 0 aromatic heterocycles. The molecule has 8 nitrogen and oxygen atoms in total. The molecule has 1 aromatic rings. The number of benzene rings is 1. The summed E-state index contributed by atoms with van der Waals surface area (Å²) in [4.78, 5) is 9.96. The molecule has 1 heterocycles. The molecule has 0 bridgehead atoms. The first-order valence-corrected chi connectivity index (χ1v) is 7.09. The van der Waals surface area contributed by atoms with Crippen LogP contribution in [-0.2, 0) is 10.2 Å². The van der Waals surface area contributed by atoms with Gasteiger partial charge in [0.15, 0.2) is 0 Å². The SMILES string of the molecule is O=[N+]([O-])c1ccc(O)c(NS(=O)(=O)N2CCCC2)c1. The van der Waals surface area contributed by atoms with Crippen LogP contribution in [0.15, 0.2) is 18.2 Å². The van der Waals surface area contributed by atoms with Crippen LogP contribution in [0.3, 0.4) is 0 Å². The van der Waals surface area contributed by atoms with Gasteiger partial charge in [-0.1, -0.05) is 0 Å². The lowest BCUT2D eigenvalue weighted by Crippen LogP contribution is -2.33. The van der Waals surface area contributed by atoms with Crippen molar-refractivity contribution >= 4 is 21.6 Å². The highest BCUT2D eigenvalue weighted by Crippen LogP contribution is 2.29. The molecule has 1 saturated heterocycles. The summed E-state index contributed by atoms with van der Waals surface area (Å²) in [7, 11) is -3.78. The first-order chi connectivity index (χ1) is 8.90. The third-order valence-electron chi connectivity index (χ3n) is 2.83. The van der Waals surface area contributed by atoms with Gasteiger partial charge in [0.1, 0.15) is 5.75 Å². The highest BCUT2D eigenvalue weighted by Gasteiger charge is 2.26. The van der Waals surface area contributed by atoms with E-state index >= 15 is 0 Å². The summed E-state index contributed by atoms with van der Waals surface area (Å²) in [5, 5.41) is 20.2. The van der Waals surface area contributed by atoms with Gasteiger partial charge in [-0.25, -0.2) is 0 Å². The van der Waals surface area contributed by atoms with Crippen LogP contribution in [0.2, 0.25) is 0 Å². The molecule has 0 radical (unpaired) electrons. The van der Waals surface area contributed by atoms with Crippen molar-refractivity contribution in [3.63, 3.8) is 0 Å². The Bertz CT molecular complexity index is 595. The molecule has 0 unspecified atom stereocenters. The summed E-state index contributed by atoms with van der Waals surface area (Å²) in [6.45, 7) is 0.816. The third-order valence-corrected chi connectivity index (χ3v) is 4.36. The summed E-state index contributed by atoms with van der Waals surface area (Å²) in [6, 6.07) is 3.17. The normalized spacial score (nSPS) is 16.4. The molecular formula is C10H13N3O5S. The highest BCUT2D eigenvalue weighted by atomic mass is 32.2. The molecule has 0 saturated carbocycles. The lowest BCUT2D eigenvalue weighted by Gasteiger charge is -2.17. The molecule has 104 valence electrons. The van der Waals surface area contributed by atoms with Gasteiger partial charge in [0.25, 0.3) is 5.69 Å². The standard InChI is InChI=1S/C10H13N3O5S/c14-10-4-3-8(13(15)16)7-9(10)11-19(17,18)12-5-1-2-6-12/h3-4,7,11,14H,1-2,5-6H2. The number of hydrogen-bond donors (Lipinski definition) is 2. The lowest BCUT2D eigenvalue weighted by atomic mass is 10.2. The first kappa shape index (κ1) is 13.6. The monoisotopic (exact) mass is 287 g/mol. The van der Waals surface area contributed by atoms with Crippen molar-refractivity contribution in [1.82, 2.24) is 4.31 Å². The number of nitro benzene ring substituents is 1. The molecule has 0 aliphatic carbocycles. The second-order valence-corrected chi connectivity index (χ2v) is 5.84. The van der Waals surface area contributed by atoms with Crippen molar-refractivity contribution in [1.29, 1.82) is 0 Å². The summed E-state index contributed by atoms with van der Waals surface area (Å²) < 4.78 is 27.3. The Labute approximate surface area is 110 Å². The van der Waals surface area contributed by atoms with Gasteiger partial charge in [0, 0.05) is 25.2 Å². The smallest absolute Gasteiger partial charge is 0.301 e. The Hall–Kier alpha value is -1.87. The van der Waals surface area contributed by atoms with Gasteiger partial charge in [-0.3, -0.25) is 14.8 Å². The van der Waals surface area contributed by atoms with E-state index in [0.29, 0.717) is 13.1 Å². The van der Waals surface area contributed by atoms with Crippen LogP contribution in [0.4, 0.5) is 11.4 Å². The summed E-state index contributed by atoms with van der Waals surface area (Å²) >= 11 is 0. The van der Waals surface area contributed by atoms with Gasteiger partial charge >= 0.3 is 10.2 Å². The average Bonchev–Trinajstić information content (AvgIpc) is 2.85. The van der Waals surface area contributed by atoms with Crippen LogP contribution >= 0.6 is 0 Å². The summed E-state index contributed by atoms with van der Waals surface area (Å²) in [6.07, 6.45) is 1.56. The second kappa shape index (κ2) is 5.02. The van der Waals surface area contributed by atoms with Crippen molar-refractivity contribution in [3.8, 4) is 5.75 Å². The third kappa shape index (κ3) is 2.93. The Balaban J connectivity index is 2.27. The van der Waals surface area contributed by atoms with E-state index < -0.39 is 15.1 Å². The molecule has 1 aromatic carbocycles. The number of nitro groups is 1. The van der Waals surface area contributed by atoms with Crippen LogP contribution in [0.1, 0.15) is 12.8 Å². The molecule has 9 heteroatoms. The quantitative estimate of drug-likeness (QED) is 0.488. The predicted octanol–water partition coefficient (Wildman–Crippen LogP) is 1.05. The van der Waals surface area contributed by atoms with Crippen molar-refractivity contribution in [2.24, 2.45) is 0 Å². The number of aromatic hydroxyl groups is 1. The zero-order valence-corrected chi connectivity index (χ0v) is 10.8. The van der Waals surface area contributed by atoms with Crippen molar-refractivity contribution < 1.29 is 18.4 Å². The number of phenolic OH excluding ortho intramolecular Hbond substituents is 1. The topological polar surface area (TPSA) is 113 Å². The highest BCUT2D eigenvalue weighted by molar-refractivity contribution is 7.90. The lowest BCUT2D eigenvalue weighted by molar-refractivity contribution is -0.384. The summed E-state index contributed by atoms with van der Waals surface area (Å²) in [5.74, 6) is -0.353. The zero-order valence-electron chi connectivity index (χ0n) is 9.94. The zero-order chi connectivity index (χ0) is 14.0. The van der Waals surface area contributed by atoms with Crippen LogP contribution in [0.25, 0.3) is 0 Å². The molecule has 0 spiro atoms. The van der Waals surface area contributed by atoms with Gasteiger partial charge in [-0.15, -0.1) is 0 Å². The largest absolute Gasteiger partial charge is 0.506 e. The predicted molar refractivity (Wildman–Crippen MR) is 68.1 cm³/mol. The maximum Gasteiger partial charge on any atom is 0.301 e. The second-order valence-electron chi connectivity index (χ2n) is 4.17. The fourth-order valence-corrected chi connectivity index (χ4v) is 3.16. The minimum Gasteiger partial charge on any atom is -0.506 e. The van der Waals surface area contributed by atoms with Crippen LogP contribution in [0.5, 0.6) is 5.75 Å². The Morgan fingerprint density at radius 1 is 1.32 bits per heavy atom. The fraction of sp³-hybridized carbons (Fsp3) is 0.400. The van der Waals surface area contributed by atoms with Crippen LogP contribution < -0.4 is 4.72 Å². The van der Waals surface area contributed by atoms with Gasteiger partial charge < -0.3 is 5.11 Å². The maximum absolute atomic E-state index is 12.0. The van der Waals surface area contributed by atoms with Gasteiger partial charge in [0.05, 0.1) is 10.6 Å². The molecule has 1 aliphatic rings. The minimum atomic E-state index is -3.78. The molecule has 2 N–H and O–H groups in total. The molecular weight excluding hydrogens is 274 g/mol. The molecule has 0 atom stereocenters. The number of anilines is 1. The van der Waals surface area contributed by atoms with E-state index in [4.69, 9.17) is 0 Å². The number of nitrogens with zero attached hydrogens (tertiary/aromatic N) is 2. The number of rotatable bonds is 4. The van der Waals surface area contributed by atoms with Gasteiger partial charge in [-0.2, -0.15) is 12.7 Å². The number of non-ortho nitro benzene ring substituents is 1. The fourth-order valence-electron chi connectivity index (χ4n) is 1.85. The van der Waals surface area contributed by atoms with E-state index in [1.54, 1.807) is 0 Å². The van der Waals surface area contributed by atoms with E-state index in [9.17, 15) is 23.6 Å². The van der Waals surface area contributed by atoms with E-state index in [0.717, 1.165) is 31.0 Å². The van der Waals surface area contributed by atoms with Crippen molar-refractivity contribution in [2.75, 3.05) is 17.8 Å². The molecule has 2 rings (SSSR count). The minimum absolute atomic E-state index is 0.193. The number of hydrogen-bond acceptors (Lipinski definition) is 5. The Morgan fingerprint density at radius 3 is 2.53 bits per heavy atom. The molecule has 0 amide bonds. The summed E-state index contributed by atoms with van der Waals surface area (Å²) in [5.41, 5.74) is -0.488. The maximum atomic E-state index is 12.0. The van der Waals surface area contributed by atoms with E-state index in [-0.39, 0.29) is 17.1 Å². The van der Waals surface area contributed by atoms with Crippen LogP contribution in [-0.4, -0.2) is 35.8 Å². The van der Waals surface area contributed by atoms with Crippen molar-refractivity contribution in [3.05, 3.63) is 28.3 Å². The van der Waals surface area contributed by atoms with Crippen molar-refractivity contribution in [2.45, 2.75) is 12.8 Å². The van der Waals surface area contributed by atoms with E-state index in [2.05, 4.69) is 4.72 Å². The van der Waals surface area contributed by atoms with Gasteiger partial charge in [0.2, 0.25) is 0 Å². The van der Waals surface area contributed by atoms with Gasteiger partial charge in [-0.05, 0) is 18.9 Å².